The second kappa shape index (κ2) is 9.27. The third-order valence-corrected chi connectivity index (χ3v) is 10.2. The van der Waals surface area contributed by atoms with Crippen LogP contribution in [-0.4, -0.2) is 76.5 Å². The van der Waals surface area contributed by atoms with Gasteiger partial charge in [-0.1, -0.05) is 12.8 Å². The zero-order valence-electron chi connectivity index (χ0n) is 21.6. The van der Waals surface area contributed by atoms with E-state index in [2.05, 4.69) is 36.1 Å². The Bertz CT molecular complexity index is 1360. The summed E-state index contributed by atoms with van der Waals surface area (Å²) >= 11 is 1.51. The van der Waals surface area contributed by atoms with Crippen LogP contribution < -0.4 is 10.2 Å². The van der Waals surface area contributed by atoms with Crippen LogP contribution in [0.2, 0.25) is 0 Å². The monoisotopic (exact) mass is 533 g/mol. The maximum absolute atomic E-state index is 15.0. The van der Waals surface area contributed by atoms with Gasteiger partial charge in [0.15, 0.2) is 5.82 Å². The fourth-order valence-corrected chi connectivity index (χ4v) is 8.25. The van der Waals surface area contributed by atoms with E-state index in [1.807, 2.05) is 30.3 Å². The maximum Gasteiger partial charge on any atom is 0.254 e. The van der Waals surface area contributed by atoms with Gasteiger partial charge in [-0.05, 0) is 43.9 Å². The van der Waals surface area contributed by atoms with Gasteiger partial charge < -0.3 is 20.0 Å². The van der Waals surface area contributed by atoms with Crippen molar-refractivity contribution in [3.05, 3.63) is 46.9 Å². The highest BCUT2D eigenvalue weighted by Crippen LogP contribution is 2.50. The minimum atomic E-state index is -0.495. The first-order valence-electron chi connectivity index (χ1n) is 13.6. The smallest absolute Gasteiger partial charge is 0.254 e. The van der Waals surface area contributed by atoms with Gasteiger partial charge in [-0.2, -0.15) is 0 Å². The number of hydrogen-bond donors (Lipinski definition) is 1. The summed E-state index contributed by atoms with van der Waals surface area (Å²) in [6.07, 6.45) is 9.93. The third kappa shape index (κ3) is 4.05. The van der Waals surface area contributed by atoms with E-state index >= 15 is 4.39 Å². The minimum absolute atomic E-state index is 0.00634. The number of piperidine rings is 1. The number of halogens is 1. The van der Waals surface area contributed by atoms with Gasteiger partial charge in [-0.25, -0.2) is 19.3 Å². The summed E-state index contributed by atoms with van der Waals surface area (Å²) in [5, 5.41) is 3.15. The van der Waals surface area contributed by atoms with Gasteiger partial charge in [0.2, 0.25) is 5.95 Å². The zero-order valence-corrected chi connectivity index (χ0v) is 22.4. The summed E-state index contributed by atoms with van der Waals surface area (Å²) < 4.78 is 15.0. The second-order valence-corrected chi connectivity index (χ2v) is 12.2. The van der Waals surface area contributed by atoms with Crippen LogP contribution in [0.3, 0.4) is 0 Å². The minimum Gasteiger partial charge on any atom is -0.366 e. The summed E-state index contributed by atoms with van der Waals surface area (Å²) in [6.45, 7) is 5.21. The molecule has 10 heteroatoms. The number of nitrogens with one attached hydrogen (secondary N) is 1. The highest BCUT2D eigenvalue weighted by Gasteiger charge is 2.45. The van der Waals surface area contributed by atoms with E-state index in [9.17, 15) is 4.79 Å². The molecule has 0 atom stereocenters. The van der Waals surface area contributed by atoms with Crippen LogP contribution in [0, 0.1) is 5.82 Å². The summed E-state index contributed by atoms with van der Waals surface area (Å²) in [5.41, 5.74) is 2.04. The van der Waals surface area contributed by atoms with Crippen LogP contribution in [0.4, 0.5) is 21.8 Å². The summed E-state index contributed by atoms with van der Waals surface area (Å²) in [7, 11) is 1.86. The first kappa shape index (κ1) is 24.0. The number of thiophene rings is 1. The van der Waals surface area contributed by atoms with Gasteiger partial charge in [0, 0.05) is 56.1 Å². The molecule has 198 valence electrons. The molecule has 1 saturated carbocycles. The van der Waals surface area contributed by atoms with Crippen LogP contribution in [-0.2, 0) is 5.41 Å². The molecule has 1 N–H and O–H groups in total. The molecule has 4 aliphatic heterocycles. The Morgan fingerprint density at radius 3 is 2.66 bits per heavy atom. The highest BCUT2D eigenvalue weighted by atomic mass is 32.1. The molecule has 3 aromatic heterocycles. The molecule has 3 saturated heterocycles. The van der Waals surface area contributed by atoms with Crippen molar-refractivity contribution < 1.29 is 9.18 Å². The van der Waals surface area contributed by atoms with Gasteiger partial charge in [0.05, 0.1) is 28.5 Å². The van der Waals surface area contributed by atoms with Crippen LogP contribution in [0.5, 0.6) is 0 Å². The Hall–Kier alpha value is -3.11. The Labute approximate surface area is 225 Å². The first-order chi connectivity index (χ1) is 18.5. The standard InChI is InChI=1S/C28H32FN7OS/c1-34-17-28(8-2-3-9-28)25-20(26(34)37)14-22(38-25)24-21(29)16-31-27(33-24)32-23-5-4-19(15-30-23)36-13-12-35-10-6-18(36)7-11-35/h4-5,14-16,18H,2-3,6-13,17H2,1H3,(H,30,31,32,33). The molecule has 5 aliphatic rings. The molecule has 0 radical (unpaired) electrons. The number of hydrogen-bond acceptors (Lipinski definition) is 8. The van der Waals surface area contributed by atoms with Crippen molar-refractivity contribution in [2.24, 2.45) is 0 Å². The molecule has 38 heavy (non-hydrogen) atoms. The largest absolute Gasteiger partial charge is 0.366 e. The number of amides is 1. The van der Waals surface area contributed by atoms with E-state index in [4.69, 9.17) is 0 Å². The van der Waals surface area contributed by atoms with Crippen LogP contribution in [0.25, 0.3) is 10.6 Å². The number of nitrogens with zero attached hydrogens (tertiary/aromatic N) is 6. The molecule has 3 aromatic rings. The Kier molecular flexibility index (Phi) is 5.85. The molecule has 1 aliphatic carbocycles. The van der Waals surface area contributed by atoms with E-state index in [0.29, 0.717) is 22.3 Å². The lowest BCUT2D eigenvalue weighted by atomic mass is 9.79. The van der Waals surface area contributed by atoms with Gasteiger partial charge >= 0.3 is 0 Å². The molecule has 8 rings (SSSR count). The number of rotatable bonds is 4. The van der Waals surface area contributed by atoms with Crippen molar-refractivity contribution in [1.29, 1.82) is 0 Å². The molecule has 1 amide bonds. The van der Waals surface area contributed by atoms with Gasteiger partial charge in [0.1, 0.15) is 11.5 Å². The number of pyridine rings is 1. The SMILES string of the molecule is CN1CC2(CCCC2)c2sc(-c3nc(Nc4ccc(N5CCN6CCC5CC6)cn4)ncc3F)cc2C1=O. The summed E-state index contributed by atoms with van der Waals surface area (Å²) in [6, 6.07) is 6.42. The first-order valence-corrected chi connectivity index (χ1v) is 14.5. The summed E-state index contributed by atoms with van der Waals surface area (Å²) in [5.74, 6) is 0.409. The lowest BCUT2D eigenvalue weighted by Gasteiger charge is -2.38. The number of anilines is 3. The van der Waals surface area contributed by atoms with E-state index in [-0.39, 0.29) is 23.0 Å². The predicted molar refractivity (Wildman–Crippen MR) is 147 cm³/mol. The van der Waals surface area contributed by atoms with Crippen molar-refractivity contribution >= 4 is 34.7 Å². The fraction of sp³-hybridized carbons (Fsp3) is 0.500. The molecule has 8 nitrogen and oxygen atoms in total. The van der Waals surface area contributed by atoms with Crippen molar-refractivity contribution in [3.8, 4) is 10.6 Å². The Balaban J connectivity index is 1.14. The molecule has 4 fully saturated rings. The van der Waals surface area contributed by atoms with E-state index in [0.717, 1.165) is 55.9 Å². The number of fused-ring (bicyclic) bond motifs is 6. The molecule has 0 aromatic carbocycles. The van der Waals surface area contributed by atoms with Crippen molar-refractivity contribution in [2.75, 3.05) is 50.0 Å². The Morgan fingerprint density at radius 1 is 1.08 bits per heavy atom. The van der Waals surface area contributed by atoms with Crippen molar-refractivity contribution in [2.45, 2.75) is 50.0 Å². The molecule has 0 unspecified atom stereocenters. The lowest BCUT2D eigenvalue weighted by Crippen LogP contribution is -2.45. The van der Waals surface area contributed by atoms with E-state index in [1.165, 1.54) is 43.5 Å². The third-order valence-electron chi connectivity index (χ3n) is 8.84. The summed E-state index contributed by atoms with van der Waals surface area (Å²) in [4.78, 5) is 34.9. The topological polar surface area (TPSA) is 77.5 Å². The molecular weight excluding hydrogens is 501 g/mol. The normalized spacial score (nSPS) is 24.1. The highest BCUT2D eigenvalue weighted by molar-refractivity contribution is 7.16. The molecular formula is C28H32FN7OS. The van der Waals surface area contributed by atoms with E-state index < -0.39 is 5.82 Å². The van der Waals surface area contributed by atoms with E-state index in [1.54, 1.807) is 0 Å². The maximum atomic E-state index is 15.0. The molecule has 7 heterocycles. The number of carbonyl (C=O) groups is 1. The molecule has 2 bridgehead atoms. The average Bonchev–Trinajstić information content (AvgIpc) is 3.49. The second-order valence-electron chi connectivity index (χ2n) is 11.2. The van der Waals surface area contributed by atoms with Crippen molar-refractivity contribution in [3.63, 3.8) is 0 Å². The van der Waals surface area contributed by atoms with Crippen molar-refractivity contribution in [1.82, 2.24) is 24.8 Å². The average molecular weight is 534 g/mol. The van der Waals surface area contributed by atoms with Crippen LogP contribution in [0.15, 0.2) is 30.6 Å². The van der Waals surface area contributed by atoms with Crippen LogP contribution >= 0.6 is 11.3 Å². The predicted octanol–water partition coefficient (Wildman–Crippen LogP) is 4.66. The number of carbonyl (C=O) groups excluding carboxylic acids is 1. The van der Waals surface area contributed by atoms with Gasteiger partial charge in [-0.15, -0.1) is 11.3 Å². The van der Waals surface area contributed by atoms with Crippen LogP contribution in [0.1, 0.15) is 53.8 Å². The Morgan fingerprint density at radius 2 is 1.89 bits per heavy atom. The van der Waals surface area contributed by atoms with Gasteiger partial charge in [-0.3, -0.25) is 4.79 Å². The lowest BCUT2D eigenvalue weighted by molar-refractivity contribution is 0.0728. The quantitative estimate of drug-likeness (QED) is 0.523. The number of aromatic nitrogens is 3. The zero-order chi connectivity index (χ0) is 25.9. The number of likely N-dealkylation sites (N-methyl/N-ethyl adjacent to an activating group) is 1. The van der Waals surface area contributed by atoms with Gasteiger partial charge in [0.25, 0.3) is 5.91 Å². The fourth-order valence-electron chi connectivity index (χ4n) is 6.87. The molecule has 1 spiro atoms.